The zero-order valence-electron chi connectivity index (χ0n) is 17.3. The van der Waals surface area contributed by atoms with Gasteiger partial charge in [0.25, 0.3) is 11.5 Å². The Kier molecular flexibility index (Phi) is 5.10. The van der Waals surface area contributed by atoms with Gasteiger partial charge >= 0.3 is 5.69 Å². The molecular weight excluding hydrogens is 430 g/mol. The van der Waals surface area contributed by atoms with Crippen LogP contribution < -0.4 is 11.2 Å². The lowest BCUT2D eigenvalue weighted by molar-refractivity contribution is -0.140. The van der Waals surface area contributed by atoms with Crippen LogP contribution in [0.2, 0.25) is 0 Å². The summed E-state index contributed by atoms with van der Waals surface area (Å²) in [5.41, 5.74) is 2.25. The summed E-state index contributed by atoms with van der Waals surface area (Å²) in [7, 11) is 0. The molecule has 4 aromatic heterocycles. The molecule has 0 spiro atoms. The molecule has 1 saturated heterocycles. The predicted octanol–water partition coefficient (Wildman–Crippen LogP) is 1.91. The first-order valence-corrected chi connectivity index (χ1v) is 11.3. The zero-order valence-corrected chi connectivity index (χ0v) is 18.1. The molecule has 1 fully saturated rings. The highest BCUT2D eigenvalue weighted by molar-refractivity contribution is 7.08. The number of nitrogens with one attached hydrogen (secondary N) is 1. The van der Waals surface area contributed by atoms with Crippen molar-refractivity contribution in [2.45, 2.75) is 31.9 Å². The summed E-state index contributed by atoms with van der Waals surface area (Å²) < 4.78 is 1.59. The summed E-state index contributed by atoms with van der Waals surface area (Å²) in [4.78, 5) is 50.9. The fourth-order valence-electron chi connectivity index (χ4n) is 4.32. The maximum atomic E-state index is 13.0. The van der Waals surface area contributed by atoms with Crippen molar-refractivity contribution in [3.8, 4) is 11.3 Å². The number of H-pyrrole nitrogens is 1. The Labute approximate surface area is 186 Å². The third-order valence-electron chi connectivity index (χ3n) is 5.93. The number of aromatic nitrogens is 4. The predicted molar refractivity (Wildman–Crippen MR) is 122 cm³/mol. The average molecular weight is 452 g/mol. The lowest BCUT2D eigenvalue weighted by Crippen LogP contribution is -2.45. The molecule has 0 aliphatic carbocycles. The van der Waals surface area contributed by atoms with Crippen LogP contribution in [0.25, 0.3) is 33.2 Å². The molecule has 32 heavy (non-hydrogen) atoms. The fraction of sp³-hybridized carbons (Fsp3) is 0.318. The molecule has 5 rings (SSSR count). The summed E-state index contributed by atoms with van der Waals surface area (Å²) in [6, 6.07) is 5.46. The van der Waals surface area contributed by atoms with Crippen LogP contribution in [0.15, 0.2) is 44.7 Å². The minimum atomic E-state index is -1.06. The van der Waals surface area contributed by atoms with Crippen molar-refractivity contribution in [1.29, 1.82) is 0 Å². The summed E-state index contributed by atoms with van der Waals surface area (Å²) in [6.07, 6.45) is 1.46. The first kappa shape index (κ1) is 20.5. The van der Waals surface area contributed by atoms with Crippen molar-refractivity contribution in [1.82, 2.24) is 24.4 Å². The van der Waals surface area contributed by atoms with Crippen LogP contribution in [-0.4, -0.2) is 54.6 Å². The minimum absolute atomic E-state index is 0.225. The number of carbonyl (C=O) groups is 1. The molecule has 0 saturated carbocycles. The van der Waals surface area contributed by atoms with Crippen molar-refractivity contribution < 1.29 is 9.90 Å². The number of carbonyl (C=O) groups excluding carboxylic acids is 1. The van der Waals surface area contributed by atoms with E-state index in [1.165, 1.54) is 13.1 Å². The number of rotatable bonds is 3. The Morgan fingerprint density at radius 2 is 2.03 bits per heavy atom. The molecule has 2 N–H and O–H groups in total. The Balaban J connectivity index is 1.67. The fourth-order valence-corrected chi connectivity index (χ4v) is 4.97. The number of likely N-dealkylation sites (tertiary alicyclic amines) is 1. The van der Waals surface area contributed by atoms with Gasteiger partial charge in [0.2, 0.25) is 0 Å². The van der Waals surface area contributed by atoms with Crippen molar-refractivity contribution >= 4 is 39.2 Å². The maximum Gasteiger partial charge on any atom is 0.329 e. The molecule has 0 unspecified atom stereocenters. The van der Waals surface area contributed by atoms with Crippen LogP contribution in [0.4, 0.5) is 0 Å². The van der Waals surface area contributed by atoms with Crippen molar-refractivity contribution in [3.05, 3.63) is 56.0 Å². The number of nitrogens with zero attached hydrogens (tertiary/aromatic N) is 4. The number of hydrogen-bond acceptors (Lipinski definition) is 7. The van der Waals surface area contributed by atoms with E-state index in [2.05, 4.69) is 9.97 Å². The van der Waals surface area contributed by atoms with Crippen molar-refractivity contribution in [3.63, 3.8) is 0 Å². The zero-order chi connectivity index (χ0) is 22.4. The third kappa shape index (κ3) is 3.41. The molecule has 0 radical (unpaired) electrons. The van der Waals surface area contributed by atoms with Gasteiger partial charge in [0.15, 0.2) is 0 Å². The van der Waals surface area contributed by atoms with Gasteiger partial charge in [-0.25, -0.2) is 9.78 Å². The SMILES string of the molecule is C[C@@H](O)C(=O)N1CCC(n2c(=O)[nH]c(=O)c3cnc4ccc(-c5ccsc5)nc4c32)CC1. The van der Waals surface area contributed by atoms with E-state index in [1.807, 2.05) is 29.0 Å². The number of fused-ring (bicyclic) bond motifs is 3. The number of thiophene rings is 1. The van der Waals surface area contributed by atoms with Gasteiger partial charge in [-0.15, -0.1) is 0 Å². The molecule has 1 aliphatic rings. The van der Waals surface area contributed by atoms with E-state index >= 15 is 0 Å². The highest BCUT2D eigenvalue weighted by atomic mass is 32.1. The highest BCUT2D eigenvalue weighted by Crippen LogP contribution is 2.29. The van der Waals surface area contributed by atoms with Crippen LogP contribution in [0.1, 0.15) is 25.8 Å². The first-order valence-electron chi connectivity index (χ1n) is 10.4. The van der Waals surface area contributed by atoms with Crippen LogP contribution in [-0.2, 0) is 4.79 Å². The molecule has 9 nitrogen and oxygen atoms in total. The monoisotopic (exact) mass is 451 g/mol. The lowest BCUT2D eigenvalue weighted by Gasteiger charge is -2.34. The molecule has 0 bridgehead atoms. The Morgan fingerprint density at radius 3 is 2.72 bits per heavy atom. The molecule has 1 amide bonds. The quantitative estimate of drug-likeness (QED) is 0.459. The van der Waals surface area contributed by atoms with Crippen molar-refractivity contribution in [2.75, 3.05) is 13.1 Å². The molecular formula is C22H21N5O4S. The van der Waals surface area contributed by atoms with Crippen LogP contribution in [0.5, 0.6) is 0 Å². The Bertz CT molecular complexity index is 1430. The number of piperidine rings is 1. The second-order valence-corrected chi connectivity index (χ2v) is 8.74. The first-order chi connectivity index (χ1) is 15.4. The van der Waals surface area contributed by atoms with E-state index in [4.69, 9.17) is 4.98 Å². The number of aromatic amines is 1. The summed E-state index contributed by atoms with van der Waals surface area (Å²) >= 11 is 1.56. The molecule has 4 aromatic rings. The number of hydrogen-bond donors (Lipinski definition) is 2. The van der Waals surface area contributed by atoms with Crippen LogP contribution in [0.3, 0.4) is 0 Å². The van der Waals surface area contributed by atoms with Gasteiger partial charge in [0, 0.05) is 36.3 Å². The van der Waals surface area contributed by atoms with Gasteiger partial charge in [-0.1, -0.05) is 0 Å². The largest absolute Gasteiger partial charge is 0.384 e. The van der Waals surface area contributed by atoms with Gasteiger partial charge in [-0.3, -0.25) is 24.1 Å². The second kappa shape index (κ2) is 7.95. The summed E-state index contributed by atoms with van der Waals surface area (Å²) in [5.74, 6) is -0.321. The molecule has 1 atom stereocenters. The average Bonchev–Trinajstić information content (AvgIpc) is 3.33. The maximum absolute atomic E-state index is 13.0. The smallest absolute Gasteiger partial charge is 0.329 e. The van der Waals surface area contributed by atoms with Crippen molar-refractivity contribution in [2.24, 2.45) is 0 Å². The van der Waals surface area contributed by atoms with E-state index in [0.29, 0.717) is 47.9 Å². The van der Waals surface area contributed by atoms with E-state index in [1.54, 1.807) is 20.8 Å². The summed E-state index contributed by atoms with van der Waals surface area (Å²) in [6.45, 7) is 2.28. The van der Waals surface area contributed by atoms with E-state index < -0.39 is 17.4 Å². The van der Waals surface area contributed by atoms with Gasteiger partial charge in [0.05, 0.1) is 22.1 Å². The minimum Gasteiger partial charge on any atom is -0.384 e. The van der Waals surface area contributed by atoms with Gasteiger partial charge in [-0.2, -0.15) is 11.3 Å². The van der Waals surface area contributed by atoms with Gasteiger partial charge in [-0.05, 0) is 43.3 Å². The van der Waals surface area contributed by atoms with Gasteiger partial charge < -0.3 is 10.0 Å². The third-order valence-corrected chi connectivity index (χ3v) is 6.61. The number of aliphatic hydroxyl groups excluding tert-OH is 1. The molecule has 5 heterocycles. The van der Waals surface area contributed by atoms with E-state index in [-0.39, 0.29) is 11.9 Å². The van der Waals surface area contributed by atoms with Crippen LogP contribution in [0, 0.1) is 0 Å². The molecule has 1 aliphatic heterocycles. The van der Waals surface area contributed by atoms with Crippen LogP contribution >= 0.6 is 11.3 Å². The van der Waals surface area contributed by atoms with E-state index in [9.17, 15) is 19.5 Å². The normalized spacial score (nSPS) is 16.0. The van der Waals surface area contributed by atoms with E-state index in [0.717, 1.165) is 11.3 Å². The lowest BCUT2D eigenvalue weighted by atomic mass is 10.0. The molecule has 164 valence electrons. The Morgan fingerprint density at radius 1 is 1.25 bits per heavy atom. The summed E-state index contributed by atoms with van der Waals surface area (Å²) in [5, 5.41) is 13.8. The highest BCUT2D eigenvalue weighted by Gasteiger charge is 2.28. The van der Waals surface area contributed by atoms with Gasteiger partial charge in [0.1, 0.15) is 11.6 Å². The topological polar surface area (TPSA) is 121 Å². The number of aliphatic hydroxyl groups is 1. The number of pyridine rings is 2. The second-order valence-electron chi connectivity index (χ2n) is 7.96. The standard InChI is InChI=1S/C22H21N5O4S/c1-12(28)21(30)26-7-4-14(5-8-26)27-19-15(20(29)25-22(27)31)10-23-17-3-2-16(24-18(17)19)13-6-9-32-11-13/h2-3,6,9-12,14,28H,4-5,7-8H2,1H3,(H,25,29,31)/t12-/m1/s1. The molecule has 10 heteroatoms. The number of amides is 1. The molecule has 0 aromatic carbocycles. The Hall–Kier alpha value is -3.37.